The van der Waals surface area contributed by atoms with Crippen LogP contribution in [-0.4, -0.2) is 28.9 Å². The first kappa shape index (κ1) is 14.7. The highest BCUT2D eigenvalue weighted by Crippen LogP contribution is 2.23. The Morgan fingerprint density at radius 1 is 1.05 bits per heavy atom. The van der Waals surface area contributed by atoms with Gasteiger partial charge in [-0.25, -0.2) is 8.42 Å². The summed E-state index contributed by atoms with van der Waals surface area (Å²) in [5, 5.41) is 7.30. The van der Waals surface area contributed by atoms with Crippen molar-refractivity contribution in [3.05, 3.63) is 42.5 Å². The van der Waals surface area contributed by atoms with Gasteiger partial charge in [0.2, 0.25) is 0 Å². The van der Waals surface area contributed by atoms with Gasteiger partial charge in [0.1, 0.15) is 12.7 Å². The molecule has 6 heteroatoms. The normalized spacial score (nSPS) is 12.6. The minimum Gasteiger partial charge on any atom is -0.319 e. The summed E-state index contributed by atoms with van der Waals surface area (Å²) in [7, 11) is -3.28. The zero-order valence-electron chi connectivity index (χ0n) is 11.9. The average molecular weight is 293 g/mol. The SMILES string of the molecule is CC(C)(C)c1ccc(S(=O)(=O)CCn2cnnc2)cc1. The molecule has 5 nitrogen and oxygen atoms in total. The molecule has 1 aromatic carbocycles. The van der Waals surface area contributed by atoms with E-state index in [0.717, 1.165) is 5.56 Å². The van der Waals surface area contributed by atoms with E-state index in [1.807, 2.05) is 12.1 Å². The van der Waals surface area contributed by atoms with E-state index >= 15 is 0 Å². The molecular weight excluding hydrogens is 274 g/mol. The Hall–Kier alpha value is -1.69. The number of nitrogens with zero attached hydrogens (tertiary/aromatic N) is 3. The Kier molecular flexibility index (Phi) is 3.94. The molecular formula is C14H19N3O2S. The van der Waals surface area contributed by atoms with Gasteiger partial charge in [0, 0.05) is 6.54 Å². The predicted octanol–water partition coefficient (Wildman–Crippen LogP) is 2.05. The van der Waals surface area contributed by atoms with Crippen molar-refractivity contribution in [1.82, 2.24) is 14.8 Å². The van der Waals surface area contributed by atoms with Crippen LogP contribution in [0.1, 0.15) is 26.3 Å². The molecule has 0 saturated carbocycles. The van der Waals surface area contributed by atoms with Crippen LogP contribution in [0, 0.1) is 0 Å². The Morgan fingerprint density at radius 2 is 1.60 bits per heavy atom. The maximum Gasteiger partial charge on any atom is 0.180 e. The van der Waals surface area contributed by atoms with Gasteiger partial charge in [-0.2, -0.15) is 0 Å². The standard InChI is InChI=1S/C14H19N3O2S/c1-14(2,3)12-4-6-13(7-5-12)20(18,19)9-8-17-10-15-16-11-17/h4-7,10-11H,8-9H2,1-3H3. The van der Waals surface area contributed by atoms with E-state index in [9.17, 15) is 8.42 Å². The molecule has 0 saturated heterocycles. The van der Waals surface area contributed by atoms with Gasteiger partial charge >= 0.3 is 0 Å². The molecule has 0 aliphatic heterocycles. The first-order chi connectivity index (χ1) is 9.29. The lowest BCUT2D eigenvalue weighted by Gasteiger charge is -2.19. The van der Waals surface area contributed by atoms with Gasteiger partial charge in [-0.1, -0.05) is 32.9 Å². The van der Waals surface area contributed by atoms with Crippen LogP contribution in [-0.2, 0) is 21.8 Å². The molecule has 0 bridgehead atoms. The Labute approximate surface area is 119 Å². The van der Waals surface area contributed by atoms with Crippen molar-refractivity contribution in [2.45, 2.75) is 37.6 Å². The fourth-order valence-electron chi connectivity index (χ4n) is 1.84. The van der Waals surface area contributed by atoms with E-state index in [2.05, 4.69) is 31.0 Å². The summed E-state index contributed by atoms with van der Waals surface area (Å²) in [5.41, 5.74) is 1.14. The third-order valence-electron chi connectivity index (χ3n) is 3.16. The van der Waals surface area contributed by atoms with Crippen LogP contribution in [0.25, 0.3) is 0 Å². The largest absolute Gasteiger partial charge is 0.319 e. The highest BCUT2D eigenvalue weighted by molar-refractivity contribution is 7.91. The van der Waals surface area contributed by atoms with Crippen molar-refractivity contribution in [2.24, 2.45) is 0 Å². The van der Waals surface area contributed by atoms with Crippen LogP contribution in [0.3, 0.4) is 0 Å². The van der Waals surface area contributed by atoms with Gasteiger partial charge < -0.3 is 4.57 Å². The molecule has 0 spiro atoms. The van der Waals surface area contributed by atoms with Crippen molar-refractivity contribution in [3.8, 4) is 0 Å². The minimum atomic E-state index is -3.28. The van der Waals surface area contributed by atoms with Gasteiger partial charge in [0.25, 0.3) is 0 Å². The summed E-state index contributed by atoms with van der Waals surface area (Å²) in [6.45, 7) is 6.66. The average Bonchev–Trinajstić information content (AvgIpc) is 2.89. The lowest BCUT2D eigenvalue weighted by atomic mass is 9.87. The number of aromatic nitrogens is 3. The monoisotopic (exact) mass is 293 g/mol. The zero-order chi connectivity index (χ0) is 14.8. The molecule has 0 atom stereocenters. The maximum absolute atomic E-state index is 12.2. The van der Waals surface area contributed by atoms with Gasteiger partial charge in [-0.3, -0.25) is 0 Å². The number of hydrogen-bond acceptors (Lipinski definition) is 4. The van der Waals surface area contributed by atoms with Gasteiger partial charge in [-0.05, 0) is 23.1 Å². The molecule has 0 aliphatic rings. The molecule has 0 unspecified atom stereocenters. The summed E-state index contributed by atoms with van der Waals surface area (Å²) in [6, 6.07) is 7.13. The maximum atomic E-state index is 12.2. The predicted molar refractivity (Wildman–Crippen MR) is 77.2 cm³/mol. The lowest BCUT2D eigenvalue weighted by Crippen LogP contribution is -2.14. The van der Waals surface area contributed by atoms with Crippen LogP contribution in [0.5, 0.6) is 0 Å². The second-order valence-electron chi connectivity index (χ2n) is 5.79. The van der Waals surface area contributed by atoms with Gasteiger partial charge in [0.05, 0.1) is 10.6 Å². The molecule has 1 heterocycles. The van der Waals surface area contributed by atoms with E-state index in [1.165, 1.54) is 12.7 Å². The van der Waals surface area contributed by atoms with E-state index in [4.69, 9.17) is 0 Å². The molecule has 0 aliphatic carbocycles. The molecule has 0 amide bonds. The Morgan fingerprint density at radius 3 is 2.10 bits per heavy atom. The number of rotatable bonds is 4. The molecule has 0 N–H and O–H groups in total. The van der Waals surface area contributed by atoms with Crippen LogP contribution < -0.4 is 0 Å². The van der Waals surface area contributed by atoms with Crippen molar-refractivity contribution in [3.63, 3.8) is 0 Å². The molecule has 1 aromatic heterocycles. The van der Waals surface area contributed by atoms with Crippen molar-refractivity contribution < 1.29 is 8.42 Å². The van der Waals surface area contributed by atoms with E-state index < -0.39 is 9.84 Å². The molecule has 2 rings (SSSR count). The summed E-state index contributed by atoms with van der Waals surface area (Å²) >= 11 is 0. The van der Waals surface area contributed by atoms with Crippen LogP contribution in [0.2, 0.25) is 0 Å². The highest BCUT2D eigenvalue weighted by atomic mass is 32.2. The molecule has 108 valence electrons. The molecule has 0 radical (unpaired) electrons. The first-order valence-corrected chi connectivity index (χ1v) is 8.10. The third kappa shape index (κ3) is 3.45. The lowest BCUT2D eigenvalue weighted by molar-refractivity contribution is 0.583. The second-order valence-corrected chi connectivity index (χ2v) is 7.90. The van der Waals surface area contributed by atoms with Crippen molar-refractivity contribution in [2.75, 3.05) is 5.75 Å². The number of aryl methyl sites for hydroxylation is 1. The van der Waals surface area contributed by atoms with Crippen LogP contribution in [0.15, 0.2) is 41.8 Å². The minimum absolute atomic E-state index is 0.0186. The zero-order valence-corrected chi connectivity index (χ0v) is 12.8. The fraction of sp³-hybridized carbons (Fsp3) is 0.429. The van der Waals surface area contributed by atoms with E-state index in [1.54, 1.807) is 16.7 Å². The van der Waals surface area contributed by atoms with Crippen molar-refractivity contribution in [1.29, 1.82) is 0 Å². The summed E-state index contributed by atoms with van der Waals surface area (Å²) in [6.07, 6.45) is 3.02. The summed E-state index contributed by atoms with van der Waals surface area (Å²) < 4.78 is 26.1. The van der Waals surface area contributed by atoms with E-state index in [-0.39, 0.29) is 11.2 Å². The van der Waals surface area contributed by atoms with Gasteiger partial charge in [0.15, 0.2) is 9.84 Å². The van der Waals surface area contributed by atoms with E-state index in [0.29, 0.717) is 11.4 Å². The summed E-state index contributed by atoms with van der Waals surface area (Å²) in [4.78, 5) is 0.360. The smallest absolute Gasteiger partial charge is 0.180 e. The third-order valence-corrected chi connectivity index (χ3v) is 4.87. The topological polar surface area (TPSA) is 64.8 Å². The first-order valence-electron chi connectivity index (χ1n) is 6.45. The van der Waals surface area contributed by atoms with Crippen molar-refractivity contribution >= 4 is 9.84 Å². The Balaban J connectivity index is 2.13. The summed E-state index contributed by atoms with van der Waals surface area (Å²) in [5.74, 6) is 0.0416. The number of sulfone groups is 1. The quantitative estimate of drug-likeness (QED) is 0.865. The molecule has 0 fully saturated rings. The highest BCUT2D eigenvalue weighted by Gasteiger charge is 2.17. The van der Waals surface area contributed by atoms with Crippen LogP contribution >= 0.6 is 0 Å². The molecule has 2 aromatic rings. The van der Waals surface area contributed by atoms with Crippen LogP contribution in [0.4, 0.5) is 0 Å². The number of benzene rings is 1. The second kappa shape index (κ2) is 5.36. The Bertz CT molecular complexity index is 653. The number of hydrogen-bond donors (Lipinski definition) is 0. The fourth-order valence-corrected chi connectivity index (χ4v) is 3.08. The van der Waals surface area contributed by atoms with Gasteiger partial charge in [-0.15, -0.1) is 10.2 Å². The molecule has 20 heavy (non-hydrogen) atoms.